The van der Waals surface area contributed by atoms with Crippen LogP contribution in [-0.2, 0) is 19.1 Å². The highest BCUT2D eigenvalue weighted by molar-refractivity contribution is 6.13. The van der Waals surface area contributed by atoms with Gasteiger partial charge in [-0.2, -0.15) is 0 Å². The monoisotopic (exact) mass is 230 g/mol. The number of ether oxygens (including phenoxy) is 2. The molecule has 16 heavy (non-hydrogen) atoms. The molecular weight excluding hydrogens is 212 g/mol. The molecule has 0 aromatic heterocycles. The van der Waals surface area contributed by atoms with Gasteiger partial charge in [0.05, 0.1) is 13.2 Å². The summed E-state index contributed by atoms with van der Waals surface area (Å²) >= 11 is 0. The Hall–Kier alpha value is -1.56. The SMILES string of the molecule is CCOC(=O)C(=CNN(C)C)C(=O)OCC. The largest absolute Gasteiger partial charge is 0.462 e. The van der Waals surface area contributed by atoms with E-state index in [4.69, 9.17) is 9.47 Å². The third kappa shape index (κ3) is 5.35. The fraction of sp³-hybridized carbons (Fsp3) is 0.600. The summed E-state index contributed by atoms with van der Waals surface area (Å²) in [6.45, 7) is 3.75. The third-order valence-corrected chi connectivity index (χ3v) is 1.46. The molecule has 0 saturated carbocycles. The Kier molecular flexibility index (Phi) is 6.95. The Morgan fingerprint density at radius 1 is 1.12 bits per heavy atom. The first-order valence-electron chi connectivity index (χ1n) is 5.00. The number of carbonyl (C=O) groups is 2. The van der Waals surface area contributed by atoms with Gasteiger partial charge in [0.15, 0.2) is 5.57 Å². The van der Waals surface area contributed by atoms with Crippen LogP contribution < -0.4 is 5.43 Å². The van der Waals surface area contributed by atoms with Crippen LogP contribution in [-0.4, -0.2) is 44.3 Å². The Labute approximate surface area is 95.2 Å². The van der Waals surface area contributed by atoms with Gasteiger partial charge in [-0.3, -0.25) is 0 Å². The summed E-state index contributed by atoms with van der Waals surface area (Å²) in [5.41, 5.74) is 2.54. The second-order valence-electron chi connectivity index (χ2n) is 3.02. The highest BCUT2D eigenvalue weighted by Crippen LogP contribution is 2.01. The third-order valence-electron chi connectivity index (χ3n) is 1.46. The number of nitrogens with zero attached hydrogens (tertiary/aromatic N) is 1. The highest BCUT2D eigenvalue weighted by Gasteiger charge is 2.20. The predicted octanol–water partition coefficient (Wildman–Crippen LogP) is 0.0627. The zero-order valence-electron chi connectivity index (χ0n) is 10.1. The minimum Gasteiger partial charge on any atom is -0.462 e. The topological polar surface area (TPSA) is 67.9 Å². The van der Waals surface area contributed by atoms with Gasteiger partial charge in [-0.25, -0.2) is 14.6 Å². The smallest absolute Gasteiger partial charge is 0.347 e. The van der Waals surface area contributed by atoms with E-state index >= 15 is 0 Å². The van der Waals surface area contributed by atoms with E-state index in [2.05, 4.69) is 5.43 Å². The van der Waals surface area contributed by atoms with Gasteiger partial charge >= 0.3 is 11.9 Å². The maximum Gasteiger partial charge on any atom is 0.347 e. The van der Waals surface area contributed by atoms with Crippen LogP contribution in [0.3, 0.4) is 0 Å². The van der Waals surface area contributed by atoms with E-state index < -0.39 is 11.9 Å². The van der Waals surface area contributed by atoms with Crippen molar-refractivity contribution in [3.05, 3.63) is 11.8 Å². The van der Waals surface area contributed by atoms with Gasteiger partial charge in [0.1, 0.15) is 0 Å². The lowest BCUT2D eigenvalue weighted by molar-refractivity contribution is -0.146. The van der Waals surface area contributed by atoms with Crippen LogP contribution in [0.1, 0.15) is 13.8 Å². The number of rotatable bonds is 6. The summed E-state index contributed by atoms with van der Waals surface area (Å²) in [6, 6.07) is 0. The molecule has 0 fully saturated rings. The lowest BCUT2D eigenvalue weighted by Gasteiger charge is -2.11. The van der Waals surface area contributed by atoms with Crippen LogP contribution >= 0.6 is 0 Å². The maximum absolute atomic E-state index is 11.4. The number of esters is 2. The first-order chi connectivity index (χ1) is 7.52. The molecule has 0 radical (unpaired) electrons. The average Bonchev–Trinajstić information content (AvgIpc) is 2.18. The van der Waals surface area contributed by atoms with E-state index in [1.54, 1.807) is 33.0 Å². The Bertz CT molecular complexity index is 254. The fourth-order valence-corrected chi connectivity index (χ4v) is 0.813. The van der Waals surface area contributed by atoms with E-state index in [1.807, 2.05) is 0 Å². The Morgan fingerprint density at radius 3 is 1.88 bits per heavy atom. The number of hydrazine groups is 1. The molecule has 0 saturated heterocycles. The molecule has 0 spiro atoms. The number of hydrogen-bond donors (Lipinski definition) is 1. The fourth-order valence-electron chi connectivity index (χ4n) is 0.813. The van der Waals surface area contributed by atoms with Crippen LogP contribution in [0.15, 0.2) is 11.8 Å². The molecule has 0 aliphatic carbocycles. The number of hydrogen-bond acceptors (Lipinski definition) is 6. The molecule has 0 atom stereocenters. The van der Waals surface area contributed by atoms with Crippen molar-refractivity contribution in [2.45, 2.75) is 13.8 Å². The molecule has 0 amide bonds. The highest BCUT2D eigenvalue weighted by atomic mass is 16.6. The minimum atomic E-state index is -0.699. The van der Waals surface area contributed by atoms with E-state index in [0.29, 0.717) is 0 Å². The molecule has 0 aromatic carbocycles. The van der Waals surface area contributed by atoms with Gasteiger partial charge in [0.2, 0.25) is 0 Å². The van der Waals surface area contributed by atoms with E-state index in [-0.39, 0.29) is 18.8 Å². The molecule has 6 heteroatoms. The predicted molar refractivity (Wildman–Crippen MR) is 58.2 cm³/mol. The van der Waals surface area contributed by atoms with Gasteiger partial charge < -0.3 is 14.9 Å². The van der Waals surface area contributed by atoms with E-state index in [0.717, 1.165) is 0 Å². The summed E-state index contributed by atoms with van der Waals surface area (Å²) < 4.78 is 9.47. The van der Waals surface area contributed by atoms with Gasteiger partial charge in [-0.1, -0.05) is 0 Å². The number of nitrogens with one attached hydrogen (secondary N) is 1. The normalized spacial score (nSPS) is 9.56. The van der Waals surface area contributed by atoms with Crippen molar-refractivity contribution in [1.29, 1.82) is 0 Å². The zero-order valence-corrected chi connectivity index (χ0v) is 10.1. The van der Waals surface area contributed by atoms with Crippen LogP contribution in [0.5, 0.6) is 0 Å². The van der Waals surface area contributed by atoms with Crippen molar-refractivity contribution in [1.82, 2.24) is 10.4 Å². The van der Waals surface area contributed by atoms with Crippen molar-refractivity contribution in [2.24, 2.45) is 0 Å². The van der Waals surface area contributed by atoms with E-state index in [9.17, 15) is 9.59 Å². The average molecular weight is 230 g/mol. The minimum absolute atomic E-state index is 0.155. The second kappa shape index (κ2) is 7.70. The van der Waals surface area contributed by atoms with Gasteiger partial charge in [-0.05, 0) is 13.8 Å². The van der Waals surface area contributed by atoms with Crippen molar-refractivity contribution in [2.75, 3.05) is 27.3 Å². The van der Waals surface area contributed by atoms with Crippen LogP contribution in [0, 0.1) is 0 Å². The van der Waals surface area contributed by atoms with Crippen LogP contribution in [0.25, 0.3) is 0 Å². The molecule has 92 valence electrons. The summed E-state index contributed by atoms with van der Waals surface area (Å²) in [5.74, 6) is -1.40. The van der Waals surface area contributed by atoms with E-state index in [1.165, 1.54) is 6.20 Å². The summed E-state index contributed by atoms with van der Waals surface area (Å²) in [6.07, 6.45) is 1.26. The summed E-state index contributed by atoms with van der Waals surface area (Å²) in [7, 11) is 3.45. The Morgan fingerprint density at radius 2 is 1.56 bits per heavy atom. The quantitative estimate of drug-likeness (QED) is 0.229. The molecule has 0 aliphatic rings. The van der Waals surface area contributed by atoms with Crippen molar-refractivity contribution in [3.8, 4) is 0 Å². The summed E-state index contributed by atoms with van der Waals surface area (Å²) in [4.78, 5) is 22.8. The van der Waals surface area contributed by atoms with Gasteiger partial charge in [-0.15, -0.1) is 0 Å². The lowest BCUT2D eigenvalue weighted by atomic mass is 10.3. The molecule has 0 aromatic rings. The van der Waals surface area contributed by atoms with Gasteiger partial charge in [0.25, 0.3) is 0 Å². The van der Waals surface area contributed by atoms with Crippen molar-refractivity contribution in [3.63, 3.8) is 0 Å². The maximum atomic E-state index is 11.4. The second-order valence-corrected chi connectivity index (χ2v) is 3.02. The molecule has 1 N–H and O–H groups in total. The van der Waals surface area contributed by atoms with Gasteiger partial charge in [0, 0.05) is 20.3 Å². The summed E-state index contributed by atoms with van der Waals surface area (Å²) in [5, 5.41) is 1.58. The Balaban J connectivity index is 4.68. The van der Waals surface area contributed by atoms with Crippen LogP contribution in [0.2, 0.25) is 0 Å². The molecule has 0 aliphatic heterocycles. The molecule has 6 nitrogen and oxygen atoms in total. The number of carbonyl (C=O) groups excluding carboxylic acids is 2. The standard InChI is InChI=1S/C10H18N2O4/c1-5-15-9(13)8(7-11-12(3)4)10(14)16-6-2/h7,11H,5-6H2,1-4H3. The molecular formula is C10H18N2O4. The molecule has 0 unspecified atom stereocenters. The van der Waals surface area contributed by atoms with Crippen LogP contribution in [0.4, 0.5) is 0 Å². The van der Waals surface area contributed by atoms with Crippen molar-refractivity contribution >= 4 is 11.9 Å². The zero-order chi connectivity index (χ0) is 12.6. The molecule has 0 heterocycles. The van der Waals surface area contributed by atoms with Crippen molar-refractivity contribution < 1.29 is 19.1 Å². The molecule has 0 rings (SSSR count). The molecule has 0 bridgehead atoms. The first kappa shape index (κ1) is 14.4. The lowest BCUT2D eigenvalue weighted by Crippen LogP contribution is -2.28. The first-order valence-corrected chi connectivity index (χ1v) is 5.00.